The van der Waals surface area contributed by atoms with Gasteiger partial charge < -0.3 is 14.6 Å². The summed E-state index contributed by atoms with van der Waals surface area (Å²) in [5, 5.41) is 0. The van der Waals surface area contributed by atoms with Gasteiger partial charge in [-0.3, -0.25) is 0 Å². The molecule has 0 N–H and O–H groups in total. The predicted octanol–water partition coefficient (Wildman–Crippen LogP) is 2.76. The third-order valence-corrected chi connectivity index (χ3v) is 1.53. The third-order valence-electron chi connectivity index (χ3n) is 1.53. The van der Waals surface area contributed by atoms with Gasteiger partial charge in [0, 0.05) is 13.1 Å². The van der Waals surface area contributed by atoms with Crippen molar-refractivity contribution in [3.05, 3.63) is 0 Å². The molecule has 0 spiro atoms. The molecular formula is C13H34N2O. The SMILES string of the molecule is C=O.CC.CC.CCCN(C)CCN(C)C. The molecule has 0 atom stereocenters. The maximum absolute atomic E-state index is 8.00. The van der Waals surface area contributed by atoms with Crippen molar-refractivity contribution in [1.29, 1.82) is 0 Å². The molecule has 3 heteroatoms. The molecular weight excluding hydrogens is 200 g/mol. The molecule has 0 fully saturated rings. The van der Waals surface area contributed by atoms with Crippen molar-refractivity contribution in [1.82, 2.24) is 9.80 Å². The monoisotopic (exact) mass is 234 g/mol. The second kappa shape index (κ2) is 29.3. The van der Waals surface area contributed by atoms with E-state index in [2.05, 4.69) is 37.9 Å². The molecule has 0 aliphatic heterocycles. The van der Waals surface area contributed by atoms with Crippen LogP contribution in [0.5, 0.6) is 0 Å². The molecule has 0 aromatic rings. The van der Waals surface area contributed by atoms with Gasteiger partial charge in [0.25, 0.3) is 0 Å². The molecule has 0 saturated heterocycles. The number of rotatable bonds is 5. The first kappa shape index (κ1) is 24.7. The fourth-order valence-corrected chi connectivity index (χ4v) is 0.864. The van der Waals surface area contributed by atoms with E-state index in [1.165, 1.54) is 19.5 Å². The van der Waals surface area contributed by atoms with Gasteiger partial charge in [-0.15, -0.1) is 0 Å². The molecule has 0 radical (unpaired) electrons. The largest absolute Gasteiger partial charge is 0.308 e. The van der Waals surface area contributed by atoms with Gasteiger partial charge in [0.1, 0.15) is 6.79 Å². The van der Waals surface area contributed by atoms with Gasteiger partial charge in [-0.2, -0.15) is 0 Å². The van der Waals surface area contributed by atoms with Crippen molar-refractivity contribution >= 4 is 6.79 Å². The minimum atomic E-state index is 1.16. The number of hydrogen-bond acceptors (Lipinski definition) is 3. The first-order chi connectivity index (χ1) is 7.66. The Morgan fingerprint density at radius 1 is 0.812 bits per heavy atom. The smallest absolute Gasteiger partial charge is 0.106 e. The highest BCUT2D eigenvalue weighted by atomic mass is 16.1. The summed E-state index contributed by atoms with van der Waals surface area (Å²) in [5.74, 6) is 0. The van der Waals surface area contributed by atoms with Gasteiger partial charge in [-0.05, 0) is 34.1 Å². The Balaban J connectivity index is -0.000000103. The highest BCUT2D eigenvalue weighted by Crippen LogP contribution is 1.85. The molecule has 0 aromatic carbocycles. The fourth-order valence-electron chi connectivity index (χ4n) is 0.864. The van der Waals surface area contributed by atoms with E-state index in [4.69, 9.17) is 4.79 Å². The van der Waals surface area contributed by atoms with Crippen LogP contribution in [0.15, 0.2) is 0 Å². The number of nitrogens with zero attached hydrogens (tertiary/aromatic N) is 2. The lowest BCUT2D eigenvalue weighted by Crippen LogP contribution is -2.29. The maximum atomic E-state index is 8.00. The van der Waals surface area contributed by atoms with Crippen LogP contribution in [0.4, 0.5) is 0 Å². The second-order valence-corrected chi connectivity index (χ2v) is 3.11. The zero-order valence-electron chi connectivity index (χ0n) is 12.8. The molecule has 0 heterocycles. The molecule has 0 aromatic heterocycles. The lowest BCUT2D eigenvalue weighted by Gasteiger charge is -2.17. The van der Waals surface area contributed by atoms with Gasteiger partial charge in [0.2, 0.25) is 0 Å². The summed E-state index contributed by atoms with van der Waals surface area (Å²) in [6.45, 7) is 15.8. The summed E-state index contributed by atoms with van der Waals surface area (Å²) in [4.78, 5) is 12.6. The summed E-state index contributed by atoms with van der Waals surface area (Å²) in [5.41, 5.74) is 0. The van der Waals surface area contributed by atoms with Crippen LogP contribution >= 0.6 is 0 Å². The summed E-state index contributed by atoms with van der Waals surface area (Å²) in [6.07, 6.45) is 1.25. The van der Waals surface area contributed by atoms with Crippen molar-refractivity contribution in [2.24, 2.45) is 0 Å². The number of likely N-dealkylation sites (N-methyl/N-ethyl adjacent to an activating group) is 2. The fraction of sp³-hybridized carbons (Fsp3) is 0.923. The lowest BCUT2D eigenvalue weighted by atomic mass is 10.4. The Bertz CT molecular complexity index is 88.0. The predicted molar refractivity (Wildman–Crippen MR) is 76.2 cm³/mol. The van der Waals surface area contributed by atoms with Crippen molar-refractivity contribution in [3.63, 3.8) is 0 Å². The Morgan fingerprint density at radius 2 is 1.19 bits per heavy atom. The Hall–Kier alpha value is -0.410. The van der Waals surface area contributed by atoms with Crippen LogP contribution in [0.1, 0.15) is 41.0 Å². The maximum Gasteiger partial charge on any atom is 0.106 e. The van der Waals surface area contributed by atoms with Crippen molar-refractivity contribution < 1.29 is 4.79 Å². The van der Waals surface area contributed by atoms with Crippen LogP contribution in [0.25, 0.3) is 0 Å². The average Bonchev–Trinajstić information content (AvgIpc) is 2.35. The van der Waals surface area contributed by atoms with E-state index in [0.717, 1.165) is 6.54 Å². The van der Waals surface area contributed by atoms with E-state index in [1.54, 1.807) is 0 Å². The van der Waals surface area contributed by atoms with Crippen LogP contribution < -0.4 is 0 Å². The second-order valence-electron chi connectivity index (χ2n) is 3.11. The van der Waals surface area contributed by atoms with Crippen LogP contribution in [-0.2, 0) is 4.79 Å². The van der Waals surface area contributed by atoms with Crippen LogP contribution in [-0.4, -0.2) is 57.4 Å². The molecule has 3 nitrogen and oxygen atoms in total. The molecule has 0 amide bonds. The third kappa shape index (κ3) is 37.4. The van der Waals surface area contributed by atoms with Crippen molar-refractivity contribution in [2.75, 3.05) is 40.8 Å². The van der Waals surface area contributed by atoms with Crippen LogP contribution in [0.3, 0.4) is 0 Å². The molecule has 16 heavy (non-hydrogen) atoms. The minimum Gasteiger partial charge on any atom is -0.308 e. The van der Waals surface area contributed by atoms with Crippen LogP contribution in [0, 0.1) is 0 Å². The van der Waals surface area contributed by atoms with E-state index < -0.39 is 0 Å². The van der Waals surface area contributed by atoms with Crippen molar-refractivity contribution in [2.45, 2.75) is 41.0 Å². The van der Waals surface area contributed by atoms with E-state index in [9.17, 15) is 0 Å². The molecule has 0 bridgehead atoms. The zero-order valence-corrected chi connectivity index (χ0v) is 12.8. The van der Waals surface area contributed by atoms with Gasteiger partial charge in [0.05, 0.1) is 0 Å². The van der Waals surface area contributed by atoms with E-state index in [0.29, 0.717) is 0 Å². The molecule has 0 saturated carbocycles. The van der Waals surface area contributed by atoms with Gasteiger partial charge in [0.15, 0.2) is 0 Å². The Labute approximate surface area is 104 Å². The van der Waals surface area contributed by atoms with Gasteiger partial charge in [-0.1, -0.05) is 34.6 Å². The molecule has 0 aliphatic carbocycles. The molecule has 0 unspecified atom stereocenters. The summed E-state index contributed by atoms with van der Waals surface area (Å²) >= 11 is 0. The normalized spacial score (nSPS) is 8.12. The quantitative estimate of drug-likeness (QED) is 0.731. The molecule has 102 valence electrons. The Morgan fingerprint density at radius 3 is 1.44 bits per heavy atom. The van der Waals surface area contributed by atoms with E-state index in [1.807, 2.05) is 34.5 Å². The van der Waals surface area contributed by atoms with Gasteiger partial charge >= 0.3 is 0 Å². The first-order valence-corrected chi connectivity index (χ1v) is 6.29. The Kier molecular flexibility index (Phi) is 45.2. The first-order valence-electron chi connectivity index (χ1n) is 6.29. The summed E-state index contributed by atoms with van der Waals surface area (Å²) in [6, 6.07) is 0. The summed E-state index contributed by atoms with van der Waals surface area (Å²) < 4.78 is 0. The number of carbonyl (C=O) groups is 1. The number of hydrogen-bond donors (Lipinski definition) is 0. The lowest BCUT2D eigenvalue weighted by molar-refractivity contribution is -0.0979. The van der Waals surface area contributed by atoms with Crippen molar-refractivity contribution in [3.8, 4) is 0 Å². The van der Waals surface area contributed by atoms with Gasteiger partial charge in [-0.25, -0.2) is 0 Å². The average molecular weight is 234 g/mol. The van der Waals surface area contributed by atoms with Crippen LogP contribution in [0.2, 0.25) is 0 Å². The zero-order chi connectivity index (χ0) is 14.0. The van der Waals surface area contributed by atoms with E-state index >= 15 is 0 Å². The summed E-state index contributed by atoms with van der Waals surface area (Å²) in [7, 11) is 6.40. The number of carbonyl (C=O) groups excluding carboxylic acids is 1. The molecule has 0 rings (SSSR count). The minimum absolute atomic E-state index is 1.16. The highest BCUT2D eigenvalue weighted by Gasteiger charge is 1.95. The highest BCUT2D eigenvalue weighted by molar-refractivity contribution is 5.10. The topological polar surface area (TPSA) is 23.6 Å². The molecule has 0 aliphatic rings. The van der Waals surface area contributed by atoms with E-state index in [-0.39, 0.29) is 0 Å². The standard InChI is InChI=1S/C8H20N2.2C2H6.CH2O/c1-5-6-10(4)8-7-9(2)3;3*1-2/h5-8H2,1-4H3;2*1-2H3;1H2.